The number of imidazole rings is 1. The van der Waals surface area contributed by atoms with Crippen molar-refractivity contribution in [2.75, 3.05) is 0 Å². The van der Waals surface area contributed by atoms with Gasteiger partial charge in [0.1, 0.15) is 5.82 Å². The first-order chi connectivity index (χ1) is 17.9. The van der Waals surface area contributed by atoms with Crippen LogP contribution in [-0.4, -0.2) is 21.1 Å². The number of rotatable bonds is 8. The van der Waals surface area contributed by atoms with Crippen LogP contribution in [0.5, 0.6) is 0 Å². The highest BCUT2D eigenvalue weighted by Gasteiger charge is 2.30. The third-order valence-corrected chi connectivity index (χ3v) is 8.42. The molecule has 1 fully saturated rings. The number of alkyl halides is 2. The van der Waals surface area contributed by atoms with E-state index in [0.717, 1.165) is 41.0 Å². The number of thiophene rings is 1. The van der Waals surface area contributed by atoms with Crippen LogP contribution in [0.25, 0.3) is 22.4 Å². The lowest BCUT2D eigenvalue weighted by atomic mass is 9.82. The number of aromatic nitrogens is 2. The predicted molar refractivity (Wildman–Crippen MR) is 144 cm³/mol. The molecule has 2 aromatic heterocycles. The van der Waals surface area contributed by atoms with Crippen LogP contribution in [0.4, 0.5) is 8.78 Å². The molecule has 7 heteroatoms. The number of carbonyl (C=O) groups is 2. The Balaban J connectivity index is 1.55. The fourth-order valence-corrected chi connectivity index (χ4v) is 6.37. The smallest absolute Gasteiger partial charge is 0.264 e. The Morgan fingerprint density at radius 2 is 1.89 bits per heavy atom. The molecule has 0 spiro atoms. The van der Waals surface area contributed by atoms with Gasteiger partial charge in [0.2, 0.25) is 0 Å². The van der Waals surface area contributed by atoms with Crippen molar-refractivity contribution in [3.63, 3.8) is 0 Å². The number of Topliss-reactive ketones (excluding diaryl/α,β-unsaturated/α-hetero) is 2. The minimum absolute atomic E-state index is 0.0195. The highest BCUT2D eigenvalue weighted by atomic mass is 32.1. The molecule has 4 nitrogen and oxygen atoms in total. The largest absolute Gasteiger partial charge is 0.321 e. The second-order valence-corrected chi connectivity index (χ2v) is 11.2. The molecule has 192 valence electrons. The number of halogens is 2. The number of fused-ring (bicyclic) bond motifs is 1. The van der Waals surface area contributed by atoms with Gasteiger partial charge in [-0.2, -0.15) is 0 Å². The summed E-state index contributed by atoms with van der Waals surface area (Å²) in [5.41, 5.74) is 2.39. The van der Waals surface area contributed by atoms with Crippen LogP contribution in [0.2, 0.25) is 0 Å². The minimum Gasteiger partial charge on any atom is -0.321 e. The molecule has 0 radical (unpaired) electrons. The molecule has 4 aromatic rings. The van der Waals surface area contributed by atoms with Gasteiger partial charge in [0, 0.05) is 40.5 Å². The molecule has 1 aliphatic carbocycles. The van der Waals surface area contributed by atoms with Gasteiger partial charge in [-0.05, 0) is 62.4 Å². The van der Waals surface area contributed by atoms with Crippen molar-refractivity contribution in [2.24, 2.45) is 5.92 Å². The van der Waals surface area contributed by atoms with Crippen molar-refractivity contribution >= 4 is 33.9 Å². The highest BCUT2D eigenvalue weighted by Crippen LogP contribution is 2.41. The van der Waals surface area contributed by atoms with Crippen LogP contribution in [0.15, 0.2) is 54.6 Å². The molecule has 2 unspecified atom stereocenters. The molecule has 2 atom stereocenters. The van der Waals surface area contributed by atoms with Gasteiger partial charge < -0.3 is 4.57 Å². The maximum Gasteiger partial charge on any atom is 0.264 e. The maximum atomic E-state index is 14.0. The van der Waals surface area contributed by atoms with E-state index < -0.39 is 6.43 Å². The maximum absolute atomic E-state index is 14.0. The van der Waals surface area contributed by atoms with Crippen LogP contribution in [-0.2, 0) is 0 Å². The lowest BCUT2D eigenvalue weighted by Gasteiger charge is -2.31. The third-order valence-electron chi connectivity index (χ3n) is 7.38. The summed E-state index contributed by atoms with van der Waals surface area (Å²) in [7, 11) is 0. The quantitative estimate of drug-likeness (QED) is 0.219. The van der Waals surface area contributed by atoms with Crippen molar-refractivity contribution < 1.29 is 18.4 Å². The van der Waals surface area contributed by atoms with E-state index in [2.05, 4.69) is 4.57 Å². The van der Waals surface area contributed by atoms with Crippen molar-refractivity contribution in [3.05, 3.63) is 75.5 Å². The van der Waals surface area contributed by atoms with Gasteiger partial charge in [0.05, 0.1) is 15.9 Å². The fraction of sp³-hybridized carbons (Fsp3) is 0.367. The van der Waals surface area contributed by atoms with Gasteiger partial charge in [-0.1, -0.05) is 37.6 Å². The third kappa shape index (κ3) is 5.14. The van der Waals surface area contributed by atoms with E-state index >= 15 is 0 Å². The number of carbonyl (C=O) groups excluding carboxylic acids is 2. The molecule has 2 heterocycles. The minimum atomic E-state index is -2.63. The molecule has 2 aromatic carbocycles. The van der Waals surface area contributed by atoms with E-state index in [1.54, 1.807) is 30.3 Å². The average molecular weight is 521 g/mol. The Hall–Kier alpha value is -3.19. The number of benzene rings is 2. The van der Waals surface area contributed by atoms with Gasteiger partial charge in [-0.15, -0.1) is 11.3 Å². The normalized spacial score (nSPS) is 18.0. The van der Waals surface area contributed by atoms with Crippen molar-refractivity contribution in [3.8, 4) is 11.4 Å². The first-order valence-corrected chi connectivity index (χ1v) is 13.7. The van der Waals surface area contributed by atoms with Gasteiger partial charge in [0.25, 0.3) is 6.43 Å². The van der Waals surface area contributed by atoms with E-state index in [0.29, 0.717) is 35.3 Å². The lowest BCUT2D eigenvalue weighted by molar-refractivity contribution is 0.0944. The topological polar surface area (TPSA) is 52.0 Å². The summed E-state index contributed by atoms with van der Waals surface area (Å²) in [6.45, 7) is 3.82. The second kappa shape index (κ2) is 10.7. The molecular formula is C30H30F2N2O2S. The van der Waals surface area contributed by atoms with Crippen LogP contribution < -0.4 is 0 Å². The molecular weight excluding hydrogens is 490 g/mol. The molecule has 1 saturated carbocycles. The number of hydrogen-bond acceptors (Lipinski definition) is 4. The number of aryl methyl sites for hydroxylation is 1. The molecule has 0 amide bonds. The molecule has 0 aliphatic heterocycles. The Kier molecular flexibility index (Phi) is 7.33. The highest BCUT2D eigenvalue weighted by molar-refractivity contribution is 7.14. The first kappa shape index (κ1) is 25.5. The SMILES string of the molecule is CCC(=O)c1ccc2c(c1)nc(-c1ccccc1C(F)F)n2C1CCCC(CC(=O)c2ccc(C)s2)C1. The lowest BCUT2D eigenvalue weighted by Crippen LogP contribution is -2.22. The van der Waals surface area contributed by atoms with E-state index in [4.69, 9.17) is 4.98 Å². The fourth-order valence-electron chi connectivity index (χ4n) is 5.56. The zero-order chi connectivity index (χ0) is 26.1. The van der Waals surface area contributed by atoms with Crippen LogP contribution in [0, 0.1) is 12.8 Å². The number of hydrogen-bond donors (Lipinski definition) is 0. The summed E-state index contributed by atoms with van der Waals surface area (Å²) in [6.07, 6.45) is 1.82. The Labute approximate surface area is 219 Å². The van der Waals surface area contributed by atoms with Crippen LogP contribution in [0.1, 0.15) is 88.4 Å². The molecule has 0 N–H and O–H groups in total. The zero-order valence-corrected chi connectivity index (χ0v) is 21.9. The van der Waals surface area contributed by atoms with Gasteiger partial charge in [-0.25, -0.2) is 13.8 Å². The van der Waals surface area contributed by atoms with Crippen molar-refractivity contribution in [2.45, 2.75) is 64.8 Å². The predicted octanol–water partition coefficient (Wildman–Crippen LogP) is 8.61. The summed E-state index contributed by atoms with van der Waals surface area (Å²) in [6, 6.07) is 15.9. The first-order valence-electron chi connectivity index (χ1n) is 12.9. The summed E-state index contributed by atoms with van der Waals surface area (Å²) < 4.78 is 30.1. The molecule has 0 saturated heterocycles. The van der Waals surface area contributed by atoms with E-state index in [1.165, 1.54) is 17.4 Å². The molecule has 5 rings (SSSR count). The molecule has 1 aliphatic rings. The second-order valence-electron chi connectivity index (χ2n) is 9.90. The average Bonchev–Trinajstić information content (AvgIpc) is 3.51. The molecule has 0 bridgehead atoms. The number of nitrogens with zero attached hydrogens (tertiary/aromatic N) is 2. The van der Waals surface area contributed by atoms with Gasteiger partial charge >= 0.3 is 0 Å². The Morgan fingerprint density at radius 3 is 2.62 bits per heavy atom. The zero-order valence-electron chi connectivity index (χ0n) is 21.0. The Bertz CT molecular complexity index is 1460. The monoisotopic (exact) mass is 520 g/mol. The van der Waals surface area contributed by atoms with Gasteiger partial charge in [0.15, 0.2) is 11.6 Å². The van der Waals surface area contributed by atoms with Crippen molar-refractivity contribution in [1.29, 1.82) is 0 Å². The molecule has 37 heavy (non-hydrogen) atoms. The number of ketones is 2. The van der Waals surface area contributed by atoms with E-state index in [-0.39, 0.29) is 29.1 Å². The van der Waals surface area contributed by atoms with E-state index in [9.17, 15) is 18.4 Å². The van der Waals surface area contributed by atoms with Crippen LogP contribution in [0.3, 0.4) is 0 Å². The summed E-state index contributed by atoms with van der Waals surface area (Å²) in [4.78, 5) is 32.1. The van der Waals surface area contributed by atoms with Crippen LogP contribution >= 0.6 is 11.3 Å². The van der Waals surface area contributed by atoms with Crippen molar-refractivity contribution in [1.82, 2.24) is 9.55 Å². The standard InChI is InChI=1S/C30H30F2N2O2S/c1-3-26(35)20-12-13-25-24(17-20)33-30(23-10-5-4-9-22(23)29(31)32)34(25)21-8-6-7-19(15-21)16-27(36)28-14-11-18(2)37-28/h4-5,9-14,17,19,21,29H,3,6-8,15-16H2,1-2H3. The summed E-state index contributed by atoms with van der Waals surface area (Å²) in [5.74, 6) is 0.902. The van der Waals surface area contributed by atoms with Gasteiger partial charge in [-0.3, -0.25) is 9.59 Å². The summed E-state index contributed by atoms with van der Waals surface area (Å²) in [5, 5.41) is 0. The van der Waals surface area contributed by atoms with E-state index in [1.807, 2.05) is 32.0 Å². The summed E-state index contributed by atoms with van der Waals surface area (Å²) >= 11 is 1.53. The Morgan fingerprint density at radius 1 is 1.08 bits per heavy atom.